The number of hydrogen-bond donors (Lipinski definition) is 0. The fraction of sp³-hybridized carbons (Fsp3) is 0.400. The Bertz CT molecular complexity index is 163. The number of hydrogen-bond acceptors (Lipinski definition) is 4. The van der Waals surface area contributed by atoms with Crippen LogP contribution in [0.5, 0.6) is 0 Å². The molecule has 0 bridgehead atoms. The van der Waals surface area contributed by atoms with Crippen LogP contribution in [0.15, 0.2) is 0 Å². The van der Waals surface area contributed by atoms with Crippen molar-refractivity contribution >= 4 is 17.5 Å². The minimum absolute atomic E-state index is 0. The van der Waals surface area contributed by atoms with Gasteiger partial charge in [-0.15, -0.1) is 0 Å². The van der Waals surface area contributed by atoms with Crippen molar-refractivity contribution in [3.63, 3.8) is 0 Å². The van der Waals surface area contributed by atoms with E-state index in [1.54, 1.807) is 0 Å². The minimum atomic E-state index is -1.80. The summed E-state index contributed by atoms with van der Waals surface area (Å²) in [5.74, 6) is -3.43. The molecule has 0 aromatic carbocycles. The number of rotatable bonds is 3. The van der Waals surface area contributed by atoms with Gasteiger partial charge in [0.05, 0.1) is 6.42 Å². The number of carbonyl (C=O) groups excluding carboxylic acids is 3. The second-order valence-corrected chi connectivity index (χ2v) is 1.59. The molecule has 0 amide bonds. The van der Waals surface area contributed by atoms with Gasteiger partial charge in [0.1, 0.15) is 11.8 Å². The summed E-state index contributed by atoms with van der Waals surface area (Å²) < 4.78 is 0. The van der Waals surface area contributed by atoms with Crippen molar-refractivity contribution in [2.75, 3.05) is 0 Å². The Morgan fingerprint density at radius 3 is 1.80 bits per heavy atom. The Balaban J connectivity index is 0. The molecule has 0 fully saturated rings. The molecule has 0 spiro atoms. The monoisotopic (exact) mass is 236 g/mol. The average molecular weight is 237 g/mol. The van der Waals surface area contributed by atoms with Crippen LogP contribution in [-0.2, 0) is 36.8 Å². The zero-order chi connectivity index (χ0) is 7.44. The summed E-state index contributed by atoms with van der Waals surface area (Å²) in [6.45, 7) is 1.14. The van der Waals surface area contributed by atoms with E-state index in [0.717, 1.165) is 6.92 Å². The normalized spacial score (nSPS) is 7.70. The molecule has 4 nitrogen and oxygen atoms in total. The van der Waals surface area contributed by atoms with Gasteiger partial charge >= 0.3 is 22.4 Å². The van der Waals surface area contributed by atoms with Crippen LogP contribution >= 0.6 is 0 Å². The van der Waals surface area contributed by atoms with E-state index in [9.17, 15) is 19.5 Å². The maximum atomic E-state index is 10.1. The Morgan fingerprint density at radius 1 is 1.30 bits per heavy atom. The third-order valence-corrected chi connectivity index (χ3v) is 0.637. The molecule has 0 rings (SSSR count). The molecule has 0 aromatic rings. The predicted molar refractivity (Wildman–Crippen MR) is 25.3 cm³/mol. The van der Waals surface area contributed by atoms with Crippen LogP contribution in [0.4, 0.5) is 0 Å². The van der Waals surface area contributed by atoms with E-state index in [1.807, 2.05) is 0 Å². The predicted octanol–water partition coefficient (Wildman–Crippen LogP) is -1.72. The van der Waals surface area contributed by atoms with Crippen LogP contribution in [0.25, 0.3) is 0 Å². The van der Waals surface area contributed by atoms with Gasteiger partial charge in [0.25, 0.3) is 0 Å². The van der Waals surface area contributed by atoms with Crippen LogP contribution in [-0.4, -0.2) is 17.5 Å². The molecule has 0 atom stereocenters. The maximum Gasteiger partial charge on any atom is 1.00 e. The van der Waals surface area contributed by atoms with Crippen LogP contribution in [0.1, 0.15) is 13.3 Å². The minimum Gasteiger partial charge on any atom is -0.542 e. The van der Waals surface area contributed by atoms with Gasteiger partial charge in [0.2, 0.25) is 0 Å². The molecule has 5 heteroatoms. The van der Waals surface area contributed by atoms with Gasteiger partial charge in [-0.05, 0) is 6.92 Å². The van der Waals surface area contributed by atoms with E-state index in [0.29, 0.717) is 0 Å². The topological polar surface area (TPSA) is 74.3 Å². The summed E-state index contributed by atoms with van der Waals surface area (Å²) >= 11 is 0. The average Bonchev–Trinajstić information content (AvgIpc) is 1.63. The van der Waals surface area contributed by atoms with Gasteiger partial charge < -0.3 is 9.90 Å². The van der Waals surface area contributed by atoms with E-state index >= 15 is 0 Å². The molecule has 10 heavy (non-hydrogen) atoms. The number of ketones is 2. The molecular formula is C5H5AgO4. The van der Waals surface area contributed by atoms with Crippen LogP contribution in [0, 0.1) is 0 Å². The van der Waals surface area contributed by atoms with Gasteiger partial charge in [-0.25, -0.2) is 0 Å². The van der Waals surface area contributed by atoms with Crippen molar-refractivity contribution in [1.82, 2.24) is 0 Å². The first-order valence-electron chi connectivity index (χ1n) is 2.27. The van der Waals surface area contributed by atoms with E-state index in [4.69, 9.17) is 0 Å². The fourth-order valence-electron chi connectivity index (χ4n) is 0.298. The Labute approximate surface area is 73.1 Å². The van der Waals surface area contributed by atoms with Gasteiger partial charge in [-0.1, -0.05) is 0 Å². The zero-order valence-electron chi connectivity index (χ0n) is 5.14. The summed E-state index contributed by atoms with van der Waals surface area (Å²) in [4.78, 5) is 29.7. The molecule has 0 saturated heterocycles. The Hall–Kier alpha value is -0.450. The van der Waals surface area contributed by atoms with E-state index < -0.39 is 24.0 Å². The van der Waals surface area contributed by atoms with E-state index in [2.05, 4.69) is 0 Å². The van der Waals surface area contributed by atoms with Crippen molar-refractivity contribution in [1.29, 1.82) is 0 Å². The number of Topliss-reactive ketones (excluding diaryl/α,β-unsaturated/α-hetero) is 2. The van der Waals surface area contributed by atoms with Crippen molar-refractivity contribution in [2.24, 2.45) is 0 Å². The smallest absolute Gasteiger partial charge is 0.542 e. The zero-order valence-corrected chi connectivity index (χ0v) is 6.62. The quantitative estimate of drug-likeness (QED) is 0.332. The van der Waals surface area contributed by atoms with E-state index in [-0.39, 0.29) is 22.4 Å². The van der Waals surface area contributed by atoms with Crippen molar-refractivity contribution in [3.05, 3.63) is 0 Å². The molecule has 0 aliphatic heterocycles. The fourth-order valence-corrected chi connectivity index (χ4v) is 0.298. The van der Waals surface area contributed by atoms with Crippen LogP contribution in [0.2, 0.25) is 0 Å². The SMILES string of the molecule is CC(=O)CC(=O)C(=O)[O-].[Ag+]. The number of carbonyl (C=O) groups is 3. The van der Waals surface area contributed by atoms with Gasteiger partial charge in [-0.3, -0.25) is 9.59 Å². The first-order valence-corrected chi connectivity index (χ1v) is 2.27. The number of carboxylic acids is 1. The second kappa shape index (κ2) is 5.34. The molecule has 0 heterocycles. The Kier molecular flexibility index (Phi) is 6.55. The van der Waals surface area contributed by atoms with Crippen LogP contribution in [0.3, 0.4) is 0 Å². The molecule has 0 aliphatic rings. The summed E-state index contributed by atoms with van der Waals surface area (Å²) in [6.07, 6.45) is -0.567. The summed E-state index contributed by atoms with van der Waals surface area (Å²) in [7, 11) is 0. The summed E-state index contributed by atoms with van der Waals surface area (Å²) in [6, 6.07) is 0. The summed E-state index contributed by atoms with van der Waals surface area (Å²) in [5, 5.41) is 9.62. The Morgan fingerprint density at radius 2 is 1.70 bits per heavy atom. The van der Waals surface area contributed by atoms with Gasteiger partial charge in [0, 0.05) is 0 Å². The molecule has 0 saturated carbocycles. The molecule has 60 valence electrons. The molecule has 0 aliphatic carbocycles. The standard InChI is InChI=1S/C5H6O4.Ag/c1-3(6)2-4(7)5(8)9;/h2H2,1H3,(H,8,9);/q;+1/p-1. The molecule has 0 unspecified atom stereocenters. The van der Waals surface area contributed by atoms with Crippen LogP contribution < -0.4 is 5.11 Å². The van der Waals surface area contributed by atoms with Gasteiger partial charge in [0.15, 0.2) is 5.78 Å². The van der Waals surface area contributed by atoms with Gasteiger partial charge in [-0.2, -0.15) is 0 Å². The molecule has 0 aromatic heterocycles. The van der Waals surface area contributed by atoms with E-state index in [1.165, 1.54) is 0 Å². The summed E-state index contributed by atoms with van der Waals surface area (Å²) in [5.41, 5.74) is 0. The molecule has 0 radical (unpaired) electrons. The maximum absolute atomic E-state index is 10.1. The number of aliphatic carboxylic acids is 1. The van der Waals surface area contributed by atoms with Crippen molar-refractivity contribution < 1.29 is 41.9 Å². The van der Waals surface area contributed by atoms with Crippen molar-refractivity contribution in [2.45, 2.75) is 13.3 Å². The third kappa shape index (κ3) is 5.68. The first kappa shape index (κ1) is 12.2. The molecule has 0 N–H and O–H groups in total. The largest absolute Gasteiger partial charge is 1.00 e. The number of carboxylic acid groups (broad SMARTS) is 1. The van der Waals surface area contributed by atoms with Crippen molar-refractivity contribution in [3.8, 4) is 0 Å². The third-order valence-electron chi connectivity index (χ3n) is 0.637. The second-order valence-electron chi connectivity index (χ2n) is 1.59. The molecular weight excluding hydrogens is 232 g/mol. The first-order chi connectivity index (χ1) is 4.04.